The standard InChI is InChI=1S/C14H19NO/c1-10-6-7-11(2)13(8-10)14(16)15-9-12-4-3-5-12/h6-8,12H,3-5,9H2,1-2H3,(H,15,16). The first-order chi connectivity index (χ1) is 7.66. The van der Waals surface area contributed by atoms with Gasteiger partial charge in [0.2, 0.25) is 0 Å². The number of benzene rings is 1. The summed E-state index contributed by atoms with van der Waals surface area (Å²) in [5, 5.41) is 3.03. The van der Waals surface area contributed by atoms with Crippen molar-refractivity contribution < 1.29 is 4.79 Å². The molecule has 1 saturated carbocycles. The van der Waals surface area contributed by atoms with Gasteiger partial charge in [-0.2, -0.15) is 0 Å². The van der Waals surface area contributed by atoms with Crippen LogP contribution >= 0.6 is 0 Å². The van der Waals surface area contributed by atoms with Crippen molar-refractivity contribution in [2.75, 3.05) is 6.54 Å². The second-order valence-electron chi connectivity index (χ2n) is 4.83. The Bertz CT molecular complexity index is 394. The molecule has 1 aromatic rings. The minimum atomic E-state index is 0.0769. The van der Waals surface area contributed by atoms with E-state index in [9.17, 15) is 4.79 Å². The lowest BCUT2D eigenvalue weighted by atomic mass is 9.85. The molecule has 1 amide bonds. The molecule has 0 heterocycles. The molecule has 0 aliphatic heterocycles. The lowest BCUT2D eigenvalue weighted by Gasteiger charge is -2.25. The number of carbonyl (C=O) groups is 1. The smallest absolute Gasteiger partial charge is 0.251 e. The molecule has 1 N–H and O–H groups in total. The summed E-state index contributed by atoms with van der Waals surface area (Å²) in [4.78, 5) is 12.0. The Hall–Kier alpha value is -1.31. The lowest BCUT2D eigenvalue weighted by Crippen LogP contribution is -2.32. The maximum Gasteiger partial charge on any atom is 0.251 e. The first kappa shape index (κ1) is 11.2. The fourth-order valence-electron chi connectivity index (χ4n) is 2.01. The zero-order chi connectivity index (χ0) is 11.5. The highest BCUT2D eigenvalue weighted by Gasteiger charge is 2.18. The van der Waals surface area contributed by atoms with Gasteiger partial charge in [0.05, 0.1) is 0 Å². The minimum Gasteiger partial charge on any atom is -0.352 e. The number of hydrogen-bond acceptors (Lipinski definition) is 1. The lowest BCUT2D eigenvalue weighted by molar-refractivity contribution is 0.0938. The van der Waals surface area contributed by atoms with Gasteiger partial charge in [-0.05, 0) is 44.2 Å². The Morgan fingerprint density at radius 2 is 2.12 bits per heavy atom. The van der Waals surface area contributed by atoms with E-state index in [0.29, 0.717) is 5.92 Å². The van der Waals surface area contributed by atoms with Gasteiger partial charge in [-0.15, -0.1) is 0 Å². The van der Waals surface area contributed by atoms with E-state index in [1.165, 1.54) is 19.3 Å². The minimum absolute atomic E-state index is 0.0769. The third-order valence-corrected chi connectivity index (χ3v) is 3.41. The van der Waals surface area contributed by atoms with Crippen LogP contribution in [-0.4, -0.2) is 12.5 Å². The Balaban J connectivity index is 1.99. The van der Waals surface area contributed by atoms with Gasteiger partial charge in [0.15, 0.2) is 0 Å². The molecule has 0 unspecified atom stereocenters. The SMILES string of the molecule is Cc1ccc(C)c(C(=O)NCC2CCC2)c1. The molecule has 2 rings (SSSR count). The Morgan fingerprint density at radius 3 is 2.75 bits per heavy atom. The van der Waals surface area contributed by atoms with Crippen LogP contribution in [0.15, 0.2) is 18.2 Å². The van der Waals surface area contributed by atoms with Gasteiger partial charge in [-0.3, -0.25) is 4.79 Å². The van der Waals surface area contributed by atoms with Gasteiger partial charge in [-0.25, -0.2) is 0 Å². The number of amides is 1. The number of carbonyl (C=O) groups excluding carboxylic acids is 1. The van der Waals surface area contributed by atoms with Crippen LogP contribution in [0.5, 0.6) is 0 Å². The van der Waals surface area contributed by atoms with Crippen molar-refractivity contribution in [1.82, 2.24) is 5.32 Å². The van der Waals surface area contributed by atoms with Gasteiger partial charge in [0.1, 0.15) is 0 Å². The van der Waals surface area contributed by atoms with Crippen molar-refractivity contribution in [3.05, 3.63) is 34.9 Å². The number of nitrogens with one attached hydrogen (secondary N) is 1. The molecule has 2 heteroatoms. The molecule has 86 valence electrons. The molecular weight excluding hydrogens is 198 g/mol. The van der Waals surface area contributed by atoms with E-state index in [2.05, 4.69) is 5.32 Å². The molecule has 16 heavy (non-hydrogen) atoms. The maximum absolute atomic E-state index is 12.0. The Morgan fingerprint density at radius 1 is 1.38 bits per heavy atom. The summed E-state index contributed by atoms with van der Waals surface area (Å²) in [7, 11) is 0. The van der Waals surface area contributed by atoms with Crippen molar-refractivity contribution in [3.8, 4) is 0 Å². The van der Waals surface area contributed by atoms with E-state index in [1.807, 2.05) is 32.0 Å². The predicted molar refractivity (Wildman–Crippen MR) is 65.6 cm³/mol. The molecule has 0 saturated heterocycles. The van der Waals surface area contributed by atoms with Gasteiger partial charge in [-0.1, -0.05) is 24.1 Å². The largest absolute Gasteiger partial charge is 0.352 e. The fourth-order valence-corrected chi connectivity index (χ4v) is 2.01. The third kappa shape index (κ3) is 2.43. The number of rotatable bonds is 3. The summed E-state index contributed by atoms with van der Waals surface area (Å²) in [5.74, 6) is 0.794. The van der Waals surface area contributed by atoms with Crippen molar-refractivity contribution in [3.63, 3.8) is 0 Å². The summed E-state index contributed by atoms with van der Waals surface area (Å²) in [6.07, 6.45) is 3.87. The molecule has 2 nitrogen and oxygen atoms in total. The zero-order valence-corrected chi connectivity index (χ0v) is 10.0. The van der Waals surface area contributed by atoms with Crippen LogP contribution in [0, 0.1) is 19.8 Å². The summed E-state index contributed by atoms with van der Waals surface area (Å²) < 4.78 is 0. The Kier molecular flexibility index (Phi) is 3.28. The molecular formula is C14H19NO. The highest BCUT2D eigenvalue weighted by atomic mass is 16.1. The van der Waals surface area contributed by atoms with E-state index in [0.717, 1.165) is 23.2 Å². The molecule has 1 fully saturated rings. The summed E-state index contributed by atoms with van der Waals surface area (Å²) in [5.41, 5.74) is 3.01. The number of aryl methyl sites for hydroxylation is 2. The summed E-state index contributed by atoms with van der Waals surface area (Å²) in [6.45, 7) is 4.84. The number of hydrogen-bond donors (Lipinski definition) is 1. The van der Waals surface area contributed by atoms with Gasteiger partial charge in [0.25, 0.3) is 5.91 Å². The van der Waals surface area contributed by atoms with Crippen LogP contribution in [0.3, 0.4) is 0 Å². The highest BCUT2D eigenvalue weighted by molar-refractivity contribution is 5.95. The fraction of sp³-hybridized carbons (Fsp3) is 0.500. The van der Waals surface area contributed by atoms with E-state index in [4.69, 9.17) is 0 Å². The highest BCUT2D eigenvalue weighted by Crippen LogP contribution is 2.25. The van der Waals surface area contributed by atoms with Gasteiger partial charge in [0, 0.05) is 12.1 Å². The van der Waals surface area contributed by atoms with Gasteiger partial charge < -0.3 is 5.32 Å². The molecule has 0 radical (unpaired) electrons. The molecule has 1 aromatic carbocycles. The maximum atomic E-state index is 12.0. The average molecular weight is 217 g/mol. The summed E-state index contributed by atoms with van der Waals surface area (Å²) >= 11 is 0. The van der Waals surface area contributed by atoms with Crippen LogP contribution in [0.4, 0.5) is 0 Å². The van der Waals surface area contributed by atoms with E-state index < -0.39 is 0 Å². The molecule has 0 atom stereocenters. The predicted octanol–water partition coefficient (Wildman–Crippen LogP) is 2.83. The third-order valence-electron chi connectivity index (χ3n) is 3.41. The zero-order valence-electron chi connectivity index (χ0n) is 10.0. The molecule has 0 bridgehead atoms. The molecule has 0 spiro atoms. The van der Waals surface area contributed by atoms with Crippen LogP contribution < -0.4 is 5.32 Å². The second-order valence-corrected chi connectivity index (χ2v) is 4.83. The normalized spacial score (nSPS) is 15.6. The van der Waals surface area contributed by atoms with Crippen molar-refractivity contribution in [1.29, 1.82) is 0 Å². The first-order valence-electron chi connectivity index (χ1n) is 6.02. The Labute approximate surface area is 97.1 Å². The van der Waals surface area contributed by atoms with Crippen LogP contribution in [0.2, 0.25) is 0 Å². The van der Waals surface area contributed by atoms with Crippen LogP contribution in [0.1, 0.15) is 40.7 Å². The van der Waals surface area contributed by atoms with Crippen LogP contribution in [0.25, 0.3) is 0 Å². The second kappa shape index (κ2) is 4.69. The van der Waals surface area contributed by atoms with Gasteiger partial charge >= 0.3 is 0 Å². The van der Waals surface area contributed by atoms with E-state index in [1.54, 1.807) is 0 Å². The van der Waals surface area contributed by atoms with Crippen molar-refractivity contribution in [2.24, 2.45) is 5.92 Å². The van der Waals surface area contributed by atoms with Crippen molar-refractivity contribution in [2.45, 2.75) is 33.1 Å². The molecule has 1 aliphatic rings. The topological polar surface area (TPSA) is 29.1 Å². The van der Waals surface area contributed by atoms with E-state index in [-0.39, 0.29) is 5.91 Å². The summed E-state index contributed by atoms with van der Waals surface area (Å²) in [6, 6.07) is 6.01. The van der Waals surface area contributed by atoms with E-state index >= 15 is 0 Å². The average Bonchev–Trinajstić information content (AvgIpc) is 2.19. The molecule has 0 aromatic heterocycles. The molecule has 1 aliphatic carbocycles. The first-order valence-corrected chi connectivity index (χ1v) is 6.02. The monoisotopic (exact) mass is 217 g/mol. The quantitative estimate of drug-likeness (QED) is 0.828. The van der Waals surface area contributed by atoms with Crippen LogP contribution in [-0.2, 0) is 0 Å². The van der Waals surface area contributed by atoms with Crippen molar-refractivity contribution >= 4 is 5.91 Å².